The molecule has 7 heteroatoms. The van der Waals surface area contributed by atoms with Crippen LogP contribution in [-0.4, -0.2) is 39.6 Å². The smallest absolute Gasteiger partial charge is 0.254 e. The summed E-state index contributed by atoms with van der Waals surface area (Å²) in [5.74, 6) is -0.476. The van der Waals surface area contributed by atoms with Crippen LogP contribution in [0.5, 0.6) is 0 Å². The summed E-state index contributed by atoms with van der Waals surface area (Å²) in [6.07, 6.45) is 1.64. The average Bonchev–Trinajstić information content (AvgIpc) is 3.21. The molecule has 1 heterocycles. The molecule has 3 aromatic rings. The van der Waals surface area contributed by atoms with E-state index in [9.17, 15) is 14.0 Å². The second kappa shape index (κ2) is 10.6. The van der Waals surface area contributed by atoms with Crippen molar-refractivity contribution in [3.63, 3.8) is 0 Å². The van der Waals surface area contributed by atoms with Gasteiger partial charge in [-0.25, -0.2) is 9.07 Å². The Kier molecular flexibility index (Phi) is 7.87. The minimum absolute atomic E-state index is 0.111. The van der Waals surface area contributed by atoms with Crippen LogP contribution < -0.4 is 5.32 Å². The number of nitrogens with zero attached hydrogens (tertiary/aromatic N) is 3. The summed E-state index contributed by atoms with van der Waals surface area (Å²) >= 11 is 0. The maximum atomic E-state index is 13.3. The van der Waals surface area contributed by atoms with Gasteiger partial charge in [-0.15, -0.1) is 0 Å². The minimum Gasteiger partial charge on any atom is -0.329 e. The van der Waals surface area contributed by atoms with Crippen LogP contribution in [0.15, 0.2) is 54.6 Å². The molecule has 2 aromatic carbocycles. The number of hydrogen-bond donors (Lipinski definition) is 1. The van der Waals surface area contributed by atoms with Crippen molar-refractivity contribution < 1.29 is 14.0 Å². The molecule has 180 valence electrons. The van der Waals surface area contributed by atoms with Gasteiger partial charge in [-0.3, -0.25) is 9.59 Å². The van der Waals surface area contributed by atoms with E-state index >= 15 is 0 Å². The maximum Gasteiger partial charge on any atom is 0.254 e. The number of para-hydroxylation sites is 1. The van der Waals surface area contributed by atoms with E-state index in [1.165, 1.54) is 29.2 Å². The van der Waals surface area contributed by atoms with Gasteiger partial charge in [0.25, 0.3) is 5.91 Å². The van der Waals surface area contributed by atoms with Crippen molar-refractivity contribution >= 4 is 17.6 Å². The molecule has 6 nitrogen and oxygen atoms in total. The van der Waals surface area contributed by atoms with Crippen molar-refractivity contribution in [3.05, 3.63) is 77.2 Å². The summed E-state index contributed by atoms with van der Waals surface area (Å²) in [5.41, 5.74) is 2.89. The van der Waals surface area contributed by atoms with Gasteiger partial charge >= 0.3 is 0 Å². The summed E-state index contributed by atoms with van der Waals surface area (Å²) in [6.45, 7) is 10.5. The van der Waals surface area contributed by atoms with Crippen LogP contribution in [0.25, 0.3) is 5.69 Å². The number of aryl methyl sites for hydroxylation is 1. The predicted molar refractivity (Wildman–Crippen MR) is 133 cm³/mol. The van der Waals surface area contributed by atoms with Gasteiger partial charge in [-0.1, -0.05) is 52.3 Å². The van der Waals surface area contributed by atoms with Crippen LogP contribution in [0.2, 0.25) is 0 Å². The largest absolute Gasteiger partial charge is 0.329 e. The number of halogens is 1. The highest BCUT2D eigenvalue weighted by Gasteiger charge is 2.24. The van der Waals surface area contributed by atoms with Gasteiger partial charge in [0.05, 0.1) is 11.4 Å². The molecule has 0 spiro atoms. The first kappa shape index (κ1) is 25.1. The van der Waals surface area contributed by atoms with Crippen molar-refractivity contribution in [1.82, 2.24) is 14.7 Å². The molecule has 34 heavy (non-hydrogen) atoms. The number of unbranched alkanes of at least 4 members (excludes halogenated alkanes) is 1. The molecule has 0 aliphatic heterocycles. The highest BCUT2D eigenvalue weighted by molar-refractivity contribution is 5.99. The summed E-state index contributed by atoms with van der Waals surface area (Å²) < 4.78 is 15.0. The van der Waals surface area contributed by atoms with E-state index in [-0.39, 0.29) is 23.8 Å². The zero-order valence-electron chi connectivity index (χ0n) is 20.6. The highest BCUT2D eigenvalue weighted by atomic mass is 19.1. The standard InChI is InChI=1S/C27H33FN4O2/c1-6-7-16-31(26(34)20-12-14-21(28)15-13-20)18-25(33)29-24-17-23(27(3,4)5)30-32(24)22-11-9-8-10-19(22)2/h8-15,17H,6-7,16,18H2,1-5H3,(H,29,33). The Hall–Kier alpha value is -3.48. The minimum atomic E-state index is -0.409. The second-order valence-corrected chi connectivity index (χ2v) is 9.50. The van der Waals surface area contributed by atoms with Gasteiger partial charge in [-0.05, 0) is 49.2 Å². The molecule has 3 rings (SSSR count). The van der Waals surface area contributed by atoms with Crippen molar-refractivity contribution in [2.45, 2.75) is 52.9 Å². The molecule has 0 saturated heterocycles. The first-order valence-corrected chi connectivity index (χ1v) is 11.6. The van der Waals surface area contributed by atoms with E-state index in [1.54, 1.807) is 4.68 Å². The van der Waals surface area contributed by atoms with Crippen LogP contribution in [0.1, 0.15) is 62.2 Å². The fraction of sp³-hybridized carbons (Fsp3) is 0.370. The van der Waals surface area contributed by atoms with Gasteiger partial charge in [0.1, 0.15) is 18.2 Å². The zero-order chi connectivity index (χ0) is 24.9. The number of anilines is 1. The first-order chi connectivity index (χ1) is 16.1. The van der Waals surface area contributed by atoms with Crippen molar-refractivity contribution in [2.24, 2.45) is 0 Å². The van der Waals surface area contributed by atoms with E-state index in [2.05, 4.69) is 26.1 Å². The lowest BCUT2D eigenvalue weighted by molar-refractivity contribution is -0.117. The SMILES string of the molecule is CCCCN(CC(=O)Nc1cc(C(C)(C)C)nn1-c1ccccc1C)C(=O)c1ccc(F)cc1. The van der Waals surface area contributed by atoms with Crippen molar-refractivity contribution in [3.8, 4) is 5.69 Å². The lowest BCUT2D eigenvalue weighted by atomic mass is 9.92. The van der Waals surface area contributed by atoms with Crippen molar-refractivity contribution in [1.29, 1.82) is 0 Å². The van der Waals surface area contributed by atoms with E-state index in [4.69, 9.17) is 5.10 Å². The maximum absolute atomic E-state index is 13.3. The van der Waals surface area contributed by atoms with Gasteiger partial charge in [0.2, 0.25) is 5.91 Å². The molecular formula is C27H33FN4O2. The Morgan fingerprint density at radius 3 is 2.38 bits per heavy atom. The fourth-order valence-corrected chi connectivity index (χ4v) is 3.55. The Morgan fingerprint density at radius 2 is 1.76 bits per heavy atom. The molecule has 0 fully saturated rings. The molecule has 0 aliphatic rings. The topological polar surface area (TPSA) is 67.2 Å². The Labute approximate surface area is 200 Å². The summed E-state index contributed by atoms with van der Waals surface area (Å²) in [7, 11) is 0. The number of amides is 2. The molecule has 0 saturated carbocycles. The second-order valence-electron chi connectivity index (χ2n) is 9.50. The summed E-state index contributed by atoms with van der Waals surface area (Å²) in [4.78, 5) is 27.6. The number of carbonyl (C=O) groups excluding carboxylic acids is 2. The van der Waals surface area contributed by atoms with Crippen LogP contribution >= 0.6 is 0 Å². The highest BCUT2D eigenvalue weighted by Crippen LogP contribution is 2.27. The third-order valence-corrected chi connectivity index (χ3v) is 5.58. The van der Waals surface area contributed by atoms with Crippen LogP contribution in [0.3, 0.4) is 0 Å². The number of nitrogens with one attached hydrogen (secondary N) is 1. The van der Waals surface area contributed by atoms with Crippen LogP contribution in [0, 0.1) is 12.7 Å². The average molecular weight is 465 g/mol. The normalized spacial score (nSPS) is 11.4. The number of rotatable bonds is 8. The van der Waals surface area contributed by atoms with Crippen LogP contribution in [-0.2, 0) is 10.2 Å². The third-order valence-electron chi connectivity index (χ3n) is 5.58. The van der Waals surface area contributed by atoms with Gasteiger partial charge in [0, 0.05) is 23.6 Å². The molecule has 2 amide bonds. The molecule has 0 unspecified atom stereocenters. The lowest BCUT2D eigenvalue weighted by Gasteiger charge is -2.22. The van der Waals surface area contributed by atoms with E-state index in [1.807, 2.05) is 44.2 Å². The number of aromatic nitrogens is 2. The van der Waals surface area contributed by atoms with E-state index in [0.717, 1.165) is 29.8 Å². The number of carbonyl (C=O) groups is 2. The molecular weight excluding hydrogens is 431 g/mol. The fourth-order valence-electron chi connectivity index (χ4n) is 3.55. The molecule has 0 radical (unpaired) electrons. The van der Waals surface area contributed by atoms with Crippen molar-refractivity contribution in [2.75, 3.05) is 18.4 Å². The lowest BCUT2D eigenvalue weighted by Crippen LogP contribution is -2.39. The molecule has 1 N–H and O–H groups in total. The zero-order valence-corrected chi connectivity index (χ0v) is 20.6. The summed E-state index contributed by atoms with van der Waals surface area (Å²) in [5, 5.41) is 7.73. The number of benzene rings is 2. The summed E-state index contributed by atoms with van der Waals surface area (Å²) in [6, 6.07) is 15.1. The quantitative estimate of drug-likeness (QED) is 0.479. The van der Waals surface area contributed by atoms with Crippen LogP contribution in [0.4, 0.5) is 10.2 Å². The first-order valence-electron chi connectivity index (χ1n) is 11.6. The molecule has 0 atom stereocenters. The van der Waals surface area contributed by atoms with E-state index in [0.29, 0.717) is 17.9 Å². The molecule has 0 bridgehead atoms. The Balaban J connectivity index is 1.86. The Morgan fingerprint density at radius 1 is 1.09 bits per heavy atom. The monoisotopic (exact) mass is 464 g/mol. The van der Waals surface area contributed by atoms with Gasteiger partial charge in [-0.2, -0.15) is 5.10 Å². The van der Waals surface area contributed by atoms with Gasteiger partial charge in [0.15, 0.2) is 0 Å². The predicted octanol–water partition coefficient (Wildman–Crippen LogP) is 5.50. The Bertz CT molecular complexity index is 1150. The van der Waals surface area contributed by atoms with E-state index < -0.39 is 5.82 Å². The number of hydrogen-bond acceptors (Lipinski definition) is 3. The van der Waals surface area contributed by atoms with Gasteiger partial charge < -0.3 is 10.2 Å². The third kappa shape index (κ3) is 6.10. The molecule has 1 aromatic heterocycles. The molecule has 0 aliphatic carbocycles.